The van der Waals surface area contributed by atoms with Gasteiger partial charge in [0.15, 0.2) is 6.61 Å². The minimum Gasteiger partial charge on any atom is -0.484 e. The number of benzene rings is 1. The van der Waals surface area contributed by atoms with Gasteiger partial charge >= 0.3 is 0 Å². The monoisotopic (exact) mass is 271 g/mol. The second kappa shape index (κ2) is 7.24. The quantitative estimate of drug-likeness (QED) is 0.829. The van der Waals surface area contributed by atoms with Gasteiger partial charge in [-0.25, -0.2) is 0 Å². The van der Waals surface area contributed by atoms with Crippen molar-refractivity contribution in [3.05, 3.63) is 28.8 Å². The van der Waals surface area contributed by atoms with Crippen LogP contribution in [0.1, 0.15) is 12.5 Å². The van der Waals surface area contributed by atoms with Crippen molar-refractivity contribution in [2.45, 2.75) is 13.8 Å². The number of ether oxygens (including phenoxy) is 1. The molecular formula is C13H18ClNO3. The first-order valence-corrected chi connectivity index (χ1v) is 6.17. The Morgan fingerprint density at radius 1 is 1.56 bits per heavy atom. The van der Waals surface area contributed by atoms with Gasteiger partial charge in [-0.2, -0.15) is 0 Å². The molecule has 18 heavy (non-hydrogen) atoms. The number of halogens is 1. The van der Waals surface area contributed by atoms with Crippen molar-refractivity contribution in [3.63, 3.8) is 0 Å². The number of aliphatic hydroxyl groups is 1. The van der Waals surface area contributed by atoms with Crippen molar-refractivity contribution in [1.82, 2.24) is 5.32 Å². The lowest BCUT2D eigenvalue weighted by atomic mass is 10.2. The third-order valence-corrected chi connectivity index (χ3v) is 2.88. The van der Waals surface area contributed by atoms with Gasteiger partial charge in [-0.15, -0.1) is 0 Å². The molecule has 0 aliphatic heterocycles. The van der Waals surface area contributed by atoms with Gasteiger partial charge in [0.1, 0.15) is 5.75 Å². The van der Waals surface area contributed by atoms with Gasteiger partial charge in [-0.05, 0) is 36.6 Å². The third-order valence-electron chi connectivity index (χ3n) is 2.46. The summed E-state index contributed by atoms with van der Waals surface area (Å²) in [7, 11) is 0. The summed E-state index contributed by atoms with van der Waals surface area (Å²) in [5.74, 6) is 0.455. The van der Waals surface area contributed by atoms with Gasteiger partial charge in [0.2, 0.25) is 0 Å². The van der Waals surface area contributed by atoms with E-state index in [1.165, 1.54) is 0 Å². The highest BCUT2D eigenvalue weighted by atomic mass is 35.5. The molecule has 1 atom stereocenters. The second-order valence-corrected chi connectivity index (χ2v) is 4.70. The number of amides is 1. The van der Waals surface area contributed by atoms with Gasteiger partial charge < -0.3 is 15.2 Å². The lowest BCUT2D eigenvalue weighted by molar-refractivity contribution is -0.123. The maximum Gasteiger partial charge on any atom is 0.257 e. The smallest absolute Gasteiger partial charge is 0.257 e. The number of nitrogens with one attached hydrogen (secondary N) is 1. The maximum atomic E-state index is 11.4. The highest BCUT2D eigenvalue weighted by molar-refractivity contribution is 6.31. The summed E-state index contributed by atoms with van der Waals surface area (Å²) in [4.78, 5) is 11.4. The molecule has 1 aromatic rings. The largest absolute Gasteiger partial charge is 0.484 e. The molecule has 5 heteroatoms. The van der Waals surface area contributed by atoms with Gasteiger partial charge in [0.25, 0.3) is 5.91 Å². The highest BCUT2D eigenvalue weighted by Crippen LogP contribution is 2.20. The predicted octanol–water partition coefficient (Wildman–Crippen LogP) is 1.77. The van der Waals surface area contributed by atoms with Crippen LogP contribution in [0.3, 0.4) is 0 Å². The topological polar surface area (TPSA) is 58.6 Å². The minimum atomic E-state index is -0.206. The Bertz CT molecular complexity index is 409. The molecule has 1 rings (SSSR count). The van der Waals surface area contributed by atoms with E-state index < -0.39 is 0 Å². The molecular weight excluding hydrogens is 254 g/mol. The van der Waals surface area contributed by atoms with Crippen molar-refractivity contribution >= 4 is 17.5 Å². The van der Waals surface area contributed by atoms with E-state index in [-0.39, 0.29) is 25.0 Å². The third kappa shape index (κ3) is 4.94. The highest BCUT2D eigenvalue weighted by Gasteiger charge is 2.06. The molecule has 0 radical (unpaired) electrons. The van der Waals surface area contributed by atoms with E-state index in [9.17, 15) is 4.79 Å². The maximum absolute atomic E-state index is 11.4. The van der Waals surface area contributed by atoms with Gasteiger partial charge in [-0.1, -0.05) is 18.5 Å². The number of carbonyl (C=O) groups is 1. The molecule has 0 spiro atoms. The van der Waals surface area contributed by atoms with Crippen LogP contribution in [-0.2, 0) is 4.79 Å². The molecule has 0 heterocycles. The summed E-state index contributed by atoms with van der Waals surface area (Å²) in [5.41, 5.74) is 0.906. The lowest BCUT2D eigenvalue weighted by Crippen LogP contribution is -2.33. The van der Waals surface area contributed by atoms with Crippen LogP contribution >= 0.6 is 11.6 Å². The minimum absolute atomic E-state index is 0.0424. The Balaban J connectivity index is 2.36. The van der Waals surface area contributed by atoms with E-state index in [0.29, 0.717) is 17.3 Å². The van der Waals surface area contributed by atoms with Crippen LogP contribution < -0.4 is 10.1 Å². The van der Waals surface area contributed by atoms with Crippen LogP contribution in [0.25, 0.3) is 0 Å². The van der Waals surface area contributed by atoms with Crippen molar-refractivity contribution in [3.8, 4) is 5.75 Å². The second-order valence-electron chi connectivity index (χ2n) is 4.29. The van der Waals surface area contributed by atoms with Crippen molar-refractivity contribution < 1.29 is 14.6 Å². The Hall–Kier alpha value is -1.26. The zero-order chi connectivity index (χ0) is 13.5. The zero-order valence-electron chi connectivity index (χ0n) is 10.6. The standard InChI is InChI=1S/C13H18ClNO3/c1-9(7-16)6-15-13(17)8-18-11-3-4-12(14)10(2)5-11/h3-5,9,16H,6-8H2,1-2H3,(H,15,17). The molecule has 4 nitrogen and oxygen atoms in total. The fraction of sp³-hybridized carbons (Fsp3) is 0.462. The van der Waals surface area contributed by atoms with Crippen molar-refractivity contribution in [2.75, 3.05) is 19.8 Å². The summed E-state index contributed by atoms with van der Waals surface area (Å²) in [6.45, 7) is 4.18. The first kappa shape index (κ1) is 14.8. The summed E-state index contributed by atoms with van der Waals surface area (Å²) in [5, 5.41) is 12.2. The van der Waals surface area contributed by atoms with Gasteiger partial charge in [-0.3, -0.25) is 4.79 Å². The van der Waals surface area contributed by atoms with Crippen LogP contribution in [0.4, 0.5) is 0 Å². The van der Waals surface area contributed by atoms with Gasteiger partial charge in [0, 0.05) is 18.2 Å². The van der Waals surface area contributed by atoms with E-state index in [4.69, 9.17) is 21.4 Å². The SMILES string of the molecule is Cc1cc(OCC(=O)NCC(C)CO)ccc1Cl. The fourth-order valence-corrected chi connectivity index (χ4v) is 1.38. The molecule has 0 aliphatic carbocycles. The predicted molar refractivity (Wildman–Crippen MR) is 70.9 cm³/mol. The van der Waals surface area contributed by atoms with E-state index in [1.807, 2.05) is 13.8 Å². The van der Waals surface area contributed by atoms with E-state index in [1.54, 1.807) is 18.2 Å². The summed E-state index contributed by atoms with van der Waals surface area (Å²) < 4.78 is 5.34. The van der Waals surface area contributed by atoms with E-state index in [2.05, 4.69) is 5.32 Å². The molecule has 100 valence electrons. The average Bonchev–Trinajstić information content (AvgIpc) is 2.37. The summed E-state index contributed by atoms with van der Waals surface area (Å²) >= 11 is 5.89. The molecule has 1 unspecified atom stereocenters. The molecule has 0 saturated heterocycles. The Morgan fingerprint density at radius 3 is 2.89 bits per heavy atom. The number of rotatable bonds is 6. The molecule has 1 amide bonds. The number of carbonyl (C=O) groups excluding carboxylic acids is 1. The number of aryl methyl sites for hydroxylation is 1. The molecule has 2 N–H and O–H groups in total. The summed E-state index contributed by atoms with van der Waals surface area (Å²) in [6, 6.07) is 5.24. The van der Waals surface area contributed by atoms with Crippen molar-refractivity contribution in [2.24, 2.45) is 5.92 Å². The first-order valence-electron chi connectivity index (χ1n) is 5.79. The molecule has 0 fully saturated rings. The number of hydrogen-bond acceptors (Lipinski definition) is 3. The Kier molecular flexibility index (Phi) is 5.95. The fourth-order valence-electron chi connectivity index (χ4n) is 1.26. The first-order chi connectivity index (χ1) is 8.52. The number of hydrogen-bond donors (Lipinski definition) is 2. The molecule has 1 aromatic carbocycles. The van der Waals surface area contributed by atoms with Crippen LogP contribution in [-0.4, -0.2) is 30.8 Å². The summed E-state index contributed by atoms with van der Waals surface area (Å²) in [6.07, 6.45) is 0. The molecule has 0 saturated carbocycles. The molecule has 0 aromatic heterocycles. The van der Waals surface area contributed by atoms with Crippen molar-refractivity contribution in [1.29, 1.82) is 0 Å². The average molecular weight is 272 g/mol. The van der Waals surface area contributed by atoms with Gasteiger partial charge in [0.05, 0.1) is 0 Å². The van der Waals surface area contributed by atoms with Crippen LogP contribution in [0.5, 0.6) is 5.75 Å². The van der Waals surface area contributed by atoms with Crippen LogP contribution in [0, 0.1) is 12.8 Å². The lowest BCUT2D eigenvalue weighted by Gasteiger charge is -2.11. The zero-order valence-corrected chi connectivity index (χ0v) is 11.3. The molecule has 0 bridgehead atoms. The Labute approximate surface area is 112 Å². The van der Waals surface area contributed by atoms with Crippen LogP contribution in [0.15, 0.2) is 18.2 Å². The van der Waals surface area contributed by atoms with Crippen LogP contribution in [0.2, 0.25) is 5.02 Å². The van der Waals surface area contributed by atoms with E-state index >= 15 is 0 Å². The normalized spacial score (nSPS) is 12.0. The number of aliphatic hydroxyl groups excluding tert-OH is 1. The Morgan fingerprint density at radius 2 is 2.28 bits per heavy atom. The van der Waals surface area contributed by atoms with E-state index in [0.717, 1.165) is 5.56 Å². The molecule has 0 aliphatic rings.